The van der Waals surface area contributed by atoms with Gasteiger partial charge in [-0.1, -0.05) is 37.5 Å². The van der Waals surface area contributed by atoms with Crippen molar-refractivity contribution in [2.45, 2.75) is 51.2 Å². The van der Waals surface area contributed by atoms with Crippen LogP contribution < -0.4 is 20.9 Å². The number of anilines is 1. The van der Waals surface area contributed by atoms with E-state index >= 15 is 0 Å². The maximum absolute atomic E-state index is 12.7. The van der Waals surface area contributed by atoms with Crippen molar-refractivity contribution in [3.8, 4) is 5.75 Å². The van der Waals surface area contributed by atoms with Crippen molar-refractivity contribution in [3.63, 3.8) is 0 Å². The smallest absolute Gasteiger partial charge is 0.257 e. The molecule has 2 aromatic rings. The molecule has 1 fully saturated rings. The molecule has 27 heavy (non-hydrogen) atoms. The Kier molecular flexibility index (Phi) is 4.83. The highest BCUT2D eigenvalue weighted by Gasteiger charge is 2.28. The van der Waals surface area contributed by atoms with Crippen molar-refractivity contribution in [2.75, 3.05) is 12.4 Å². The lowest BCUT2D eigenvalue weighted by Crippen LogP contribution is -2.45. The van der Waals surface area contributed by atoms with Gasteiger partial charge in [-0.25, -0.2) is 9.98 Å². The molecule has 0 amide bonds. The van der Waals surface area contributed by atoms with Crippen LogP contribution in [-0.2, 0) is 0 Å². The maximum atomic E-state index is 12.7. The predicted molar refractivity (Wildman–Crippen MR) is 105 cm³/mol. The molecule has 0 unspecified atom stereocenters. The topological polar surface area (TPSA) is 80.5 Å². The van der Waals surface area contributed by atoms with E-state index in [0.717, 1.165) is 18.4 Å². The van der Waals surface area contributed by atoms with Gasteiger partial charge in [0.25, 0.3) is 5.56 Å². The number of para-hydroxylation sites is 1. The van der Waals surface area contributed by atoms with Gasteiger partial charge < -0.3 is 10.1 Å². The Morgan fingerprint density at radius 1 is 1.22 bits per heavy atom. The summed E-state index contributed by atoms with van der Waals surface area (Å²) < 4.78 is 7.10. The number of benzene rings is 1. The first kappa shape index (κ1) is 17.6. The zero-order valence-corrected chi connectivity index (χ0v) is 15.7. The molecule has 142 valence electrons. The molecule has 1 aliphatic carbocycles. The van der Waals surface area contributed by atoms with Crippen molar-refractivity contribution in [2.24, 2.45) is 4.99 Å². The van der Waals surface area contributed by atoms with Gasteiger partial charge in [0.2, 0.25) is 11.9 Å². The molecule has 0 bridgehead atoms. The number of guanidine groups is 1. The number of hydrogen-bond acceptors (Lipinski definition) is 6. The number of ether oxygens (including phenoxy) is 1. The van der Waals surface area contributed by atoms with E-state index < -0.39 is 6.17 Å². The first-order valence-corrected chi connectivity index (χ1v) is 9.50. The monoisotopic (exact) mass is 367 g/mol. The van der Waals surface area contributed by atoms with Crippen molar-refractivity contribution in [1.29, 1.82) is 0 Å². The lowest BCUT2D eigenvalue weighted by Gasteiger charge is -2.30. The van der Waals surface area contributed by atoms with E-state index in [2.05, 4.69) is 15.6 Å². The molecular weight excluding hydrogens is 342 g/mol. The molecule has 2 heterocycles. The van der Waals surface area contributed by atoms with E-state index in [0.29, 0.717) is 29.4 Å². The van der Waals surface area contributed by atoms with Crippen molar-refractivity contribution < 1.29 is 4.74 Å². The van der Waals surface area contributed by atoms with Crippen LogP contribution in [0.4, 0.5) is 5.95 Å². The molecule has 7 heteroatoms. The Hall–Kier alpha value is -2.83. The fourth-order valence-corrected chi connectivity index (χ4v) is 3.85. The molecule has 1 aromatic heterocycles. The summed E-state index contributed by atoms with van der Waals surface area (Å²) in [6.07, 6.45) is 5.50. The summed E-state index contributed by atoms with van der Waals surface area (Å²) in [5.41, 5.74) is 1.37. The van der Waals surface area contributed by atoms with Crippen LogP contribution in [0.25, 0.3) is 0 Å². The van der Waals surface area contributed by atoms with E-state index in [9.17, 15) is 4.79 Å². The quantitative estimate of drug-likeness (QED) is 0.872. The molecular formula is C20H25N5O2. The Bertz CT molecular complexity index is 915. The average molecular weight is 367 g/mol. The molecule has 7 nitrogen and oxygen atoms in total. The van der Waals surface area contributed by atoms with Crippen LogP contribution in [0.5, 0.6) is 5.75 Å². The van der Waals surface area contributed by atoms with Crippen molar-refractivity contribution in [1.82, 2.24) is 14.9 Å². The van der Waals surface area contributed by atoms with Gasteiger partial charge in [-0.15, -0.1) is 0 Å². The number of nitrogens with zero attached hydrogens (tertiary/aromatic N) is 3. The fourth-order valence-electron chi connectivity index (χ4n) is 3.85. The van der Waals surface area contributed by atoms with Crippen LogP contribution in [-0.4, -0.2) is 28.7 Å². The minimum atomic E-state index is -0.524. The standard InChI is InChI=1S/C20H25N5O2/c1-13-12-17(26)25-18(15-10-6-7-11-16(15)27-2)23-19(24-20(25)21-13)22-14-8-4-3-5-9-14/h6-7,10-12,14,18H,3-5,8-9H2,1-2H3,(H2,21,22,23,24)/t18-/m0/s1. The van der Waals surface area contributed by atoms with Gasteiger partial charge in [0.1, 0.15) is 5.75 Å². The number of aliphatic imine (C=N–C) groups is 1. The third-order valence-electron chi connectivity index (χ3n) is 5.17. The lowest BCUT2D eigenvalue weighted by atomic mass is 9.96. The molecule has 4 rings (SSSR count). The average Bonchev–Trinajstić information content (AvgIpc) is 2.67. The van der Waals surface area contributed by atoms with Gasteiger partial charge in [0.05, 0.1) is 7.11 Å². The van der Waals surface area contributed by atoms with E-state index in [-0.39, 0.29) is 5.56 Å². The van der Waals surface area contributed by atoms with E-state index in [1.807, 2.05) is 31.2 Å². The van der Waals surface area contributed by atoms with E-state index in [1.54, 1.807) is 11.7 Å². The highest BCUT2D eigenvalue weighted by atomic mass is 16.5. The van der Waals surface area contributed by atoms with Gasteiger partial charge in [-0.05, 0) is 25.8 Å². The minimum Gasteiger partial charge on any atom is -0.496 e. The first-order chi connectivity index (χ1) is 13.2. The second-order valence-electron chi connectivity index (χ2n) is 7.13. The van der Waals surface area contributed by atoms with Crippen molar-refractivity contribution >= 4 is 11.9 Å². The van der Waals surface area contributed by atoms with Crippen LogP contribution in [0, 0.1) is 6.92 Å². The second-order valence-corrected chi connectivity index (χ2v) is 7.13. The summed E-state index contributed by atoms with van der Waals surface area (Å²) in [4.78, 5) is 22.1. The highest BCUT2D eigenvalue weighted by molar-refractivity contribution is 5.93. The normalized spacial score (nSPS) is 19.6. The van der Waals surface area contributed by atoms with E-state index in [4.69, 9.17) is 9.73 Å². The summed E-state index contributed by atoms with van der Waals surface area (Å²) in [6, 6.07) is 9.58. The summed E-state index contributed by atoms with van der Waals surface area (Å²) in [6.45, 7) is 1.82. The Balaban J connectivity index is 1.77. The molecule has 0 saturated heterocycles. The van der Waals surface area contributed by atoms with Crippen LogP contribution >= 0.6 is 0 Å². The molecule has 1 aliphatic heterocycles. The van der Waals surface area contributed by atoms with E-state index in [1.165, 1.54) is 25.3 Å². The number of aromatic nitrogens is 2. The molecule has 1 atom stereocenters. The number of nitrogens with one attached hydrogen (secondary N) is 2. The SMILES string of the molecule is COc1ccccc1[C@H]1N=C(NC2CCCCC2)Nc2nc(C)cc(=O)n21. The second kappa shape index (κ2) is 7.42. The van der Waals surface area contributed by atoms with Crippen molar-refractivity contribution in [3.05, 3.63) is 51.9 Å². The molecule has 2 aliphatic rings. The molecule has 0 spiro atoms. The number of methoxy groups -OCH3 is 1. The predicted octanol–water partition coefficient (Wildman–Crippen LogP) is 2.81. The van der Waals surface area contributed by atoms with Gasteiger partial charge >= 0.3 is 0 Å². The Morgan fingerprint density at radius 2 is 2.00 bits per heavy atom. The summed E-state index contributed by atoms with van der Waals surface area (Å²) in [5.74, 6) is 1.86. The molecule has 2 N–H and O–H groups in total. The summed E-state index contributed by atoms with van der Waals surface area (Å²) in [7, 11) is 1.63. The molecule has 1 aromatic carbocycles. The summed E-state index contributed by atoms with van der Waals surface area (Å²) >= 11 is 0. The van der Waals surface area contributed by atoms with Gasteiger partial charge in [0.15, 0.2) is 6.17 Å². The maximum Gasteiger partial charge on any atom is 0.257 e. The van der Waals surface area contributed by atoms with Gasteiger partial charge in [-0.2, -0.15) is 0 Å². The summed E-state index contributed by atoms with van der Waals surface area (Å²) in [5, 5.41) is 6.73. The lowest BCUT2D eigenvalue weighted by molar-refractivity contribution is 0.398. The fraction of sp³-hybridized carbons (Fsp3) is 0.450. The largest absolute Gasteiger partial charge is 0.496 e. The number of hydrogen-bond donors (Lipinski definition) is 2. The Morgan fingerprint density at radius 3 is 2.78 bits per heavy atom. The Labute approximate surface area is 158 Å². The third kappa shape index (κ3) is 3.54. The van der Waals surface area contributed by atoms with Crippen LogP contribution in [0.3, 0.4) is 0 Å². The molecule has 1 saturated carbocycles. The number of aryl methyl sites for hydroxylation is 1. The zero-order chi connectivity index (χ0) is 18.8. The third-order valence-corrected chi connectivity index (χ3v) is 5.17. The number of fused-ring (bicyclic) bond motifs is 1. The van der Waals surface area contributed by atoms with Crippen LogP contribution in [0.1, 0.15) is 49.5 Å². The zero-order valence-electron chi connectivity index (χ0n) is 15.7. The molecule has 0 radical (unpaired) electrons. The van der Waals surface area contributed by atoms with Gasteiger partial charge in [-0.3, -0.25) is 14.7 Å². The highest BCUT2D eigenvalue weighted by Crippen LogP contribution is 2.31. The van der Waals surface area contributed by atoms with Crippen LogP contribution in [0.15, 0.2) is 40.1 Å². The van der Waals surface area contributed by atoms with Gasteiger partial charge in [0, 0.05) is 23.4 Å². The van der Waals surface area contributed by atoms with Crippen LogP contribution in [0.2, 0.25) is 0 Å². The number of rotatable bonds is 3. The minimum absolute atomic E-state index is 0.138. The first-order valence-electron chi connectivity index (χ1n) is 9.50.